The van der Waals surface area contributed by atoms with Gasteiger partial charge >= 0.3 is 6.09 Å². The quantitative estimate of drug-likeness (QED) is 0.385. The molecule has 0 aliphatic heterocycles. The summed E-state index contributed by atoms with van der Waals surface area (Å²) in [6, 6.07) is 11.7. The van der Waals surface area contributed by atoms with Gasteiger partial charge in [-0.1, -0.05) is 61.4 Å². The van der Waals surface area contributed by atoms with Gasteiger partial charge in [0.05, 0.1) is 0 Å². The minimum atomic E-state index is -0.939. The number of para-hydroxylation sites is 1. The number of rotatable bonds is 8. The molecule has 0 saturated heterocycles. The molecule has 2 aromatic carbocycles. The van der Waals surface area contributed by atoms with Crippen LogP contribution in [0.4, 0.5) is 10.5 Å². The molecule has 39 heavy (non-hydrogen) atoms. The second kappa shape index (κ2) is 12.7. The van der Waals surface area contributed by atoms with Crippen molar-refractivity contribution >= 4 is 23.6 Å². The predicted octanol–water partition coefficient (Wildman–Crippen LogP) is 6.86. The molecule has 214 valence electrons. The van der Waals surface area contributed by atoms with Crippen LogP contribution in [0.2, 0.25) is 0 Å². The van der Waals surface area contributed by atoms with E-state index in [-0.39, 0.29) is 17.7 Å². The zero-order valence-electron chi connectivity index (χ0n) is 25.6. The Kier molecular flexibility index (Phi) is 10.4. The molecule has 2 unspecified atom stereocenters. The van der Waals surface area contributed by atoms with Gasteiger partial charge in [-0.3, -0.25) is 9.59 Å². The average molecular weight is 538 g/mol. The molecule has 0 spiro atoms. The summed E-state index contributed by atoms with van der Waals surface area (Å²) in [5.74, 6) is -0.555. The number of carbonyl (C=O) groups excluding carboxylic acids is 3. The Morgan fingerprint density at radius 3 is 1.95 bits per heavy atom. The molecule has 0 aliphatic rings. The van der Waals surface area contributed by atoms with Gasteiger partial charge < -0.3 is 20.3 Å². The normalized spacial score (nSPS) is 13.4. The van der Waals surface area contributed by atoms with Gasteiger partial charge in [-0.05, 0) is 91.8 Å². The zero-order valence-corrected chi connectivity index (χ0v) is 25.6. The summed E-state index contributed by atoms with van der Waals surface area (Å²) in [5.41, 5.74) is 2.83. The van der Waals surface area contributed by atoms with Crippen LogP contribution in [0.3, 0.4) is 0 Å². The van der Waals surface area contributed by atoms with E-state index in [9.17, 15) is 14.4 Å². The maximum absolute atomic E-state index is 14.4. The van der Waals surface area contributed by atoms with E-state index in [1.54, 1.807) is 25.7 Å². The van der Waals surface area contributed by atoms with Crippen molar-refractivity contribution in [2.75, 3.05) is 5.32 Å². The second-order valence-corrected chi connectivity index (χ2v) is 12.8. The molecule has 0 heterocycles. The smallest absolute Gasteiger partial charge is 0.408 e. The van der Waals surface area contributed by atoms with Crippen LogP contribution in [0.5, 0.6) is 0 Å². The fraction of sp³-hybridized carbons (Fsp3) is 0.531. The summed E-state index contributed by atoms with van der Waals surface area (Å²) in [4.78, 5) is 42.9. The van der Waals surface area contributed by atoms with Crippen LogP contribution in [0, 0.1) is 26.7 Å². The lowest BCUT2D eigenvalue weighted by Gasteiger charge is -2.43. The molecular formula is C32H47N3O4. The maximum Gasteiger partial charge on any atom is 0.408 e. The van der Waals surface area contributed by atoms with E-state index in [1.807, 2.05) is 97.9 Å². The van der Waals surface area contributed by atoms with E-state index in [0.717, 1.165) is 16.7 Å². The van der Waals surface area contributed by atoms with Gasteiger partial charge in [0.15, 0.2) is 0 Å². The van der Waals surface area contributed by atoms with E-state index < -0.39 is 29.3 Å². The molecule has 7 heteroatoms. The third-order valence-corrected chi connectivity index (χ3v) is 6.13. The Labute approximate surface area is 234 Å². The van der Waals surface area contributed by atoms with E-state index in [2.05, 4.69) is 10.6 Å². The first-order valence-electron chi connectivity index (χ1n) is 13.7. The van der Waals surface area contributed by atoms with Gasteiger partial charge in [-0.25, -0.2) is 4.79 Å². The fourth-order valence-electron chi connectivity index (χ4n) is 4.66. The van der Waals surface area contributed by atoms with Crippen molar-refractivity contribution in [3.8, 4) is 0 Å². The van der Waals surface area contributed by atoms with Gasteiger partial charge in [-0.15, -0.1) is 0 Å². The maximum atomic E-state index is 14.4. The third-order valence-electron chi connectivity index (χ3n) is 6.13. The molecule has 2 aromatic rings. The van der Waals surface area contributed by atoms with Crippen molar-refractivity contribution < 1.29 is 19.1 Å². The number of ether oxygens (including phenoxy) is 1. The number of nitrogens with zero attached hydrogens (tertiary/aromatic N) is 1. The second-order valence-electron chi connectivity index (χ2n) is 12.8. The standard InChI is InChI=1S/C32H47N3O4/c1-20(2)16-26(34-30(38)39-32(9,10)11)29(37)35(31(6,7)8)27(24-18-21(3)17-22(4)19-24)28(36)33-25-15-13-12-14-23(25)5/h12-15,17-20,26-27H,16H2,1-11H3,(H,33,36)(H,34,38). The third kappa shape index (κ3) is 9.41. The first-order chi connectivity index (χ1) is 17.9. The van der Waals surface area contributed by atoms with Crippen molar-refractivity contribution in [1.82, 2.24) is 10.2 Å². The predicted molar refractivity (Wildman–Crippen MR) is 158 cm³/mol. The molecular weight excluding hydrogens is 490 g/mol. The topological polar surface area (TPSA) is 87.7 Å². The summed E-state index contributed by atoms with van der Waals surface area (Å²) in [6.45, 7) is 20.9. The lowest BCUT2D eigenvalue weighted by atomic mass is 9.92. The molecule has 2 atom stereocenters. The van der Waals surface area contributed by atoms with Crippen molar-refractivity contribution in [2.45, 2.75) is 106 Å². The molecule has 0 aliphatic carbocycles. The minimum absolute atomic E-state index is 0.108. The van der Waals surface area contributed by atoms with Crippen LogP contribution in [0.1, 0.15) is 90.1 Å². The van der Waals surface area contributed by atoms with Crippen molar-refractivity contribution in [3.05, 3.63) is 64.7 Å². The van der Waals surface area contributed by atoms with Gasteiger partial charge in [0.1, 0.15) is 17.7 Å². The Morgan fingerprint density at radius 1 is 0.897 bits per heavy atom. The van der Waals surface area contributed by atoms with Crippen LogP contribution < -0.4 is 10.6 Å². The minimum Gasteiger partial charge on any atom is -0.444 e. The molecule has 0 fully saturated rings. The van der Waals surface area contributed by atoms with Crippen molar-refractivity contribution in [2.24, 2.45) is 5.92 Å². The van der Waals surface area contributed by atoms with Crippen molar-refractivity contribution in [1.29, 1.82) is 0 Å². The Balaban J connectivity index is 2.65. The number of amides is 3. The fourth-order valence-corrected chi connectivity index (χ4v) is 4.66. The number of alkyl carbamates (subject to hydrolysis) is 1. The number of nitrogens with one attached hydrogen (secondary N) is 2. The molecule has 0 aromatic heterocycles. The van der Waals surface area contributed by atoms with Crippen LogP contribution in [-0.2, 0) is 14.3 Å². The number of aryl methyl sites for hydroxylation is 3. The van der Waals surface area contributed by atoms with Crippen LogP contribution in [0.25, 0.3) is 0 Å². The van der Waals surface area contributed by atoms with E-state index in [1.165, 1.54) is 0 Å². The number of carbonyl (C=O) groups is 3. The number of benzene rings is 2. The SMILES string of the molecule is Cc1cc(C)cc(C(C(=O)Nc2ccccc2C)N(C(=O)C(CC(C)C)NC(=O)OC(C)(C)C)C(C)(C)C)c1. The molecule has 2 rings (SSSR count). The van der Waals surface area contributed by atoms with Gasteiger partial charge in [-0.2, -0.15) is 0 Å². The van der Waals surface area contributed by atoms with Crippen molar-refractivity contribution in [3.63, 3.8) is 0 Å². The lowest BCUT2D eigenvalue weighted by Crippen LogP contribution is -2.58. The molecule has 0 saturated carbocycles. The highest BCUT2D eigenvalue weighted by molar-refractivity contribution is 5.99. The molecule has 3 amide bonds. The lowest BCUT2D eigenvalue weighted by molar-refractivity contribution is -0.147. The van der Waals surface area contributed by atoms with E-state index in [0.29, 0.717) is 17.7 Å². The van der Waals surface area contributed by atoms with Crippen LogP contribution >= 0.6 is 0 Å². The monoisotopic (exact) mass is 537 g/mol. The molecule has 7 nitrogen and oxygen atoms in total. The highest BCUT2D eigenvalue weighted by atomic mass is 16.6. The first kappa shape index (κ1) is 31.9. The van der Waals surface area contributed by atoms with Gasteiger partial charge in [0.25, 0.3) is 5.91 Å². The Bertz CT molecular complexity index is 1150. The summed E-state index contributed by atoms with van der Waals surface area (Å²) in [5, 5.41) is 5.86. The first-order valence-corrected chi connectivity index (χ1v) is 13.7. The molecule has 0 radical (unpaired) electrons. The summed E-state index contributed by atoms with van der Waals surface area (Å²) in [6.07, 6.45) is -0.272. The highest BCUT2D eigenvalue weighted by Gasteiger charge is 2.42. The summed E-state index contributed by atoms with van der Waals surface area (Å²) < 4.78 is 5.48. The molecule has 0 bridgehead atoms. The summed E-state index contributed by atoms with van der Waals surface area (Å²) >= 11 is 0. The number of anilines is 1. The summed E-state index contributed by atoms with van der Waals surface area (Å²) in [7, 11) is 0. The van der Waals surface area contributed by atoms with Gasteiger partial charge in [0.2, 0.25) is 5.91 Å². The zero-order chi connectivity index (χ0) is 29.7. The average Bonchev–Trinajstić information content (AvgIpc) is 2.74. The van der Waals surface area contributed by atoms with Gasteiger partial charge in [0, 0.05) is 11.2 Å². The highest BCUT2D eigenvalue weighted by Crippen LogP contribution is 2.33. The largest absolute Gasteiger partial charge is 0.444 e. The van der Waals surface area contributed by atoms with E-state index >= 15 is 0 Å². The van der Waals surface area contributed by atoms with Crippen LogP contribution in [0.15, 0.2) is 42.5 Å². The number of hydrogen-bond acceptors (Lipinski definition) is 4. The Hall–Kier alpha value is -3.35. The number of hydrogen-bond donors (Lipinski definition) is 2. The Morgan fingerprint density at radius 2 is 1.46 bits per heavy atom. The molecule has 2 N–H and O–H groups in total. The van der Waals surface area contributed by atoms with Crippen LogP contribution in [-0.4, -0.2) is 40.0 Å². The van der Waals surface area contributed by atoms with E-state index in [4.69, 9.17) is 4.74 Å².